The lowest BCUT2D eigenvalue weighted by atomic mass is 10.2. The minimum atomic E-state index is -4.52. The molecule has 3 rings (SSSR count). The molecule has 0 radical (unpaired) electrons. The van der Waals surface area contributed by atoms with Crippen molar-refractivity contribution in [3.63, 3.8) is 0 Å². The Bertz CT molecular complexity index is 849. The van der Waals surface area contributed by atoms with Gasteiger partial charge in [-0.1, -0.05) is 11.6 Å². The van der Waals surface area contributed by atoms with Crippen LogP contribution in [-0.4, -0.2) is 15.2 Å². The van der Waals surface area contributed by atoms with Crippen LogP contribution in [0.1, 0.15) is 5.56 Å². The SMILES string of the molecule is FC(F)(F)c1cnc(-c2nnc(-c3ccc(I)cc3)o2)c(Cl)c1. The first-order chi connectivity index (χ1) is 10.8. The maximum atomic E-state index is 12.6. The van der Waals surface area contributed by atoms with Crippen LogP contribution in [-0.2, 0) is 6.18 Å². The lowest BCUT2D eigenvalue weighted by molar-refractivity contribution is -0.137. The molecule has 0 aliphatic rings. The van der Waals surface area contributed by atoms with Gasteiger partial charge in [-0.2, -0.15) is 13.2 Å². The van der Waals surface area contributed by atoms with E-state index in [1.165, 1.54) is 0 Å². The maximum absolute atomic E-state index is 12.6. The van der Waals surface area contributed by atoms with E-state index in [0.29, 0.717) is 11.8 Å². The Balaban J connectivity index is 1.96. The van der Waals surface area contributed by atoms with Crippen molar-refractivity contribution < 1.29 is 17.6 Å². The number of aromatic nitrogens is 3. The van der Waals surface area contributed by atoms with Crippen LogP contribution in [0.5, 0.6) is 0 Å². The fourth-order valence-electron chi connectivity index (χ4n) is 1.78. The Kier molecular flexibility index (Phi) is 4.28. The lowest BCUT2D eigenvalue weighted by Crippen LogP contribution is -2.05. The van der Waals surface area contributed by atoms with Gasteiger partial charge in [-0.05, 0) is 52.9 Å². The lowest BCUT2D eigenvalue weighted by Gasteiger charge is -2.07. The van der Waals surface area contributed by atoms with Crippen molar-refractivity contribution in [1.82, 2.24) is 15.2 Å². The number of halogens is 5. The second kappa shape index (κ2) is 6.08. The largest absolute Gasteiger partial charge is 0.417 e. The van der Waals surface area contributed by atoms with E-state index in [0.717, 1.165) is 9.64 Å². The zero-order valence-corrected chi connectivity index (χ0v) is 14.0. The third-order valence-corrected chi connectivity index (χ3v) is 3.89. The molecule has 0 saturated heterocycles. The standard InChI is InChI=1S/C14H6ClF3IN3O/c15-10-5-8(14(16,17)18)6-20-11(10)13-22-21-12(23-13)7-1-3-9(19)4-2-7/h1-6H. The quantitative estimate of drug-likeness (QED) is 0.510. The predicted octanol–water partition coefficient (Wildman–Crippen LogP) is 5.08. The highest BCUT2D eigenvalue weighted by atomic mass is 127. The van der Waals surface area contributed by atoms with Crippen LogP contribution in [0.3, 0.4) is 0 Å². The molecule has 0 unspecified atom stereocenters. The third-order valence-electron chi connectivity index (χ3n) is 2.89. The molecule has 0 spiro atoms. The number of pyridine rings is 1. The Hall–Kier alpha value is -1.68. The van der Waals surface area contributed by atoms with E-state index < -0.39 is 11.7 Å². The summed E-state index contributed by atoms with van der Waals surface area (Å²) in [6.45, 7) is 0. The topological polar surface area (TPSA) is 51.8 Å². The van der Waals surface area contributed by atoms with E-state index in [4.69, 9.17) is 16.0 Å². The number of alkyl halides is 3. The van der Waals surface area contributed by atoms with Crippen LogP contribution in [0.25, 0.3) is 23.0 Å². The van der Waals surface area contributed by atoms with Gasteiger partial charge in [0.25, 0.3) is 5.89 Å². The molecule has 0 N–H and O–H groups in total. The molecule has 2 aromatic heterocycles. The van der Waals surface area contributed by atoms with Gasteiger partial charge in [-0.15, -0.1) is 10.2 Å². The van der Waals surface area contributed by atoms with Crippen LogP contribution in [0.2, 0.25) is 5.02 Å². The van der Waals surface area contributed by atoms with Crippen molar-refractivity contribution in [1.29, 1.82) is 0 Å². The average Bonchev–Trinajstić information content (AvgIpc) is 2.96. The first-order valence-corrected chi connectivity index (χ1v) is 7.63. The second-order valence-electron chi connectivity index (χ2n) is 4.47. The van der Waals surface area contributed by atoms with Crippen LogP contribution in [0.4, 0.5) is 13.2 Å². The van der Waals surface area contributed by atoms with E-state index >= 15 is 0 Å². The summed E-state index contributed by atoms with van der Waals surface area (Å²) in [6.07, 6.45) is -3.84. The molecule has 3 aromatic rings. The van der Waals surface area contributed by atoms with E-state index in [9.17, 15) is 13.2 Å². The fraction of sp³-hybridized carbons (Fsp3) is 0.0714. The number of benzene rings is 1. The van der Waals surface area contributed by atoms with Gasteiger partial charge in [0, 0.05) is 15.3 Å². The number of nitrogens with zero attached hydrogens (tertiary/aromatic N) is 3. The molecule has 0 saturated carbocycles. The van der Waals surface area contributed by atoms with E-state index in [2.05, 4.69) is 37.8 Å². The molecule has 0 amide bonds. The van der Waals surface area contributed by atoms with Crippen LogP contribution in [0, 0.1) is 3.57 Å². The molecule has 0 bridgehead atoms. The highest BCUT2D eigenvalue weighted by Crippen LogP contribution is 2.34. The van der Waals surface area contributed by atoms with Crippen molar-refractivity contribution in [2.75, 3.05) is 0 Å². The molecule has 0 aliphatic heterocycles. The van der Waals surface area contributed by atoms with Crippen LogP contribution < -0.4 is 0 Å². The monoisotopic (exact) mass is 451 g/mol. The van der Waals surface area contributed by atoms with Gasteiger partial charge in [0.2, 0.25) is 5.89 Å². The smallest absolute Gasteiger partial charge is 0.415 e. The molecule has 0 aliphatic carbocycles. The summed E-state index contributed by atoms with van der Waals surface area (Å²) in [5, 5.41) is 7.45. The second-order valence-corrected chi connectivity index (χ2v) is 6.12. The van der Waals surface area contributed by atoms with Crippen molar-refractivity contribution in [2.24, 2.45) is 0 Å². The number of rotatable bonds is 2. The summed E-state index contributed by atoms with van der Waals surface area (Å²) in [6, 6.07) is 8.09. The van der Waals surface area contributed by atoms with Crippen LogP contribution in [0.15, 0.2) is 40.9 Å². The van der Waals surface area contributed by atoms with Gasteiger partial charge in [-0.25, -0.2) is 4.98 Å². The Morgan fingerprint density at radius 1 is 1.04 bits per heavy atom. The first-order valence-electron chi connectivity index (χ1n) is 6.17. The summed E-state index contributed by atoms with van der Waals surface area (Å²) in [7, 11) is 0. The van der Waals surface area contributed by atoms with Gasteiger partial charge < -0.3 is 4.42 Å². The molecule has 118 valence electrons. The average molecular weight is 452 g/mol. The number of hydrogen-bond acceptors (Lipinski definition) is 4. The predicted molar refractivity (Wildman–Crippen MR) is 85.7 cm³/mol. The third kappa shape index (κ3) is 3.47. The normalized spacial score (nSPS) is 11.7. The maximum Gasteiger partial charge on any atom is 0.417 e. The zero-order chi connectivity index (χ0) is 16.6. The van der Waals surface area contributed by atoms with E-state index in [-0.39, 0.29) is 22.5 Å². The summed E-state index contributed by atoms with van der Waals surface area (Å²) in [5.74, 6) is 0.187. The van der Waals surface area contributed by atoms with Gasteiger partial charge in [0.15, 0.2) is 0 Å². The minimum Gasteiger partial charge on any atom is -0.415 e. The highest BCUT2D eigenvalue weighted by Gasteiger charge is 2.32. The molecule has 0 atom stereocenters. The van der Waals surface area contributed by atoms with E-state index in [1.807, 2.05) is 12.1 Å². The summed E-state index contributed by atoms with van der Waals surface area (Å²) in [4.78, 5) is 3.69. The highest BCUT2D eigenvalue weighted by molar-refractivity contribution is 14.1. The summed E-state index contributed by atoms with van der Waals surface area (Å²) < 4.78 is 44.3. The molecule has 1 aromatic carbocycles. The Labute approximate surface area is 146 Å². The zero-order valence-electron chi connectivity index (χ0n) is 11.1. The van der Waals surface area contributed by atoms with Crippen molar-refractivity contribution >= 4 is 34.2 Å². The molecular formula is C14H6ClF3IN3O. The molecule has 23 heavy (non-hydrogen) atoms. The van der Waals surface area contributed by atoms with Crippen molar-refractivity contribution in [3.05, 3.63) is 50.7 Å². The van der Waals surface area contributed by atoms with Gasteiger partial charge in [0.1, 0.15) is 5.69 Å². The molecule has 4 nitrogen and oxygen atoms in total. The Morgan fingerprint density at radius 2 is 1.70 bits per heavy atom. The fourth-order valence-corrected chi connectivity index (χ4v) is 2.39. The molecular weight excluding hydrogens is 446 g/mol. The van der Waals surface area contributed by atoms with Crippen molar-refractivity contribution in [3.8, 4) is 23.0 Å². The van der Waals surface area contributed by atoms with Gasteiger partial charge in [-0.3, -0.25) is 0 Å². The van der Waals surface area contributed by atoms with E-state index in [1.54, 1.807) is 12.1 Å². The summed E-state index contributed by atoms with van der Waals surface area (Å²) >= 11 is 8.01. The number of hydrogen-bond donors (Lipinski definition) is 0. The summed E-state index contributed by atoms with van der Waals surface area (Å²) in [5.41, 5.74) is -0.250. The molecule has 9 heteroatoms. The molecule has 2 heterocycles. The minimum absolute atomic E-state index is 0.00364. The molecule has 0 fully saturated rings. The Morgan fingerprint density at radius 3 is 2.30 bits per heavy atom. The van der Waals surface area contributed by atoms with Crippen molar-refractivity contribution in [2.45, 2.75) is 6.18 Å². The van der Waals surface area contributed by atoms with Gasteiger partial charge in [0.05, 0.1) is 10.6 Å². The first kappa shape index (κ1) is 16.2. The van der Waals surface area contributed by atoms with Gasteiger partial charge >= 0.3 is 6.18 Å². The van der Waals surface area contributed by atoms with Crippen LogP contribution >= 0.6 is 34.2 Å².